The van der Waals surface area contributed by atoms with Crippen molar-refractivity contribution >= 4 is 0 Å². The Morgan fingerprint density at radius 2 is 2.23 bits per heavy atom. The first-order valence-electron chi connectivity index (χ1n) is 5.17. The van der Waals surface area contributed by atoms with Crippen LogP contribution in [0.1, 0.15) is 32.6 Å². The van der Waals surface area contributed by atoms with Crippen LogP contribution in [0.15, 0.2) is 0 Å². The highest BCUT2D eigenvalue weighted by Crippen LogP contribution is 2.38. The third-order valence-corrected chi connectivity index (χ3v) is 3.42. The number of ether oxygens (including phenoxy) is 2. The Hall–Kier alpha value is -0.120. The summed E-state index contributed by atoms with van der Waals surface area (Å²) in [5.41, 5.74) is -0.0858. The third-order valence-electron chi connectivity index (χ3n) is 3.42. The quantitative estimate of drug-likeness (QED) is 0.619. The van der Waals surface area contributed by atoms with Gasteiger partial charge in [0, 0.05) is 0 Å². The molecule has 76 valence electrons. The van der Waals surface area contributed by atoms with Crippen LogP contribution in [0.2, 0.25) is 0 Å². The average molecular weight is 186 g/mol. The second kappa shape index (κ2) is 3.56. The van der Waals surface area contributed by atoms with Gasteiger partial charge in [-0.2, -0.15) is 0 Å². The molecule has 0 unspecified atom stereocenters. The van der Waals surface area contributed by atoms with Gasteiger partial charge in [-0.05, 0) is 18.8 Å². The van der Waals surface area contributed by atoms with E-state index in [1.54, 1.807) is 0 Å². The van der Waals surface area contributed by atoms with Crippen LogP contribution in [0.3, 0.4) is 0 Å². The second-order valence-electron chi connectivity index (χ2n) is 4.29. The summed E-state index contributed by atoms with van der Waals surface area (Å²) in [6.07, 6.45) is 4.12. The number of hydrogen-bond donors (Lipinski definition) is 1. The largest absolute Gasteiger partial charge is 0.367 e. The lowest BCUT2D eigenvalue weighted by Crippen LogP contribution is -2.52. The zero-order valence-electron chi connectivity index (χ0n) is 8.16. The summed E-state index contributed by atoms with van der Waals surface area (Å²) >= 11 is 0. The topological polar surface area (TPSA) is 38.7 Å². The fourth-order valence-electron chi connectivity index (χ4n) is 2.38. The molecule has 0 bridgehead atoms. The maximum Gasteiger partial charge on any atom is 0.178 e. The van der Waals surface area contributed by atoms with Gasteiger partial charge >= 0.3 is 0 Å². The van der Waals surface area contributed by atoms with E-state index in [0.29, 0.717) is 19.1 Å². The van der Waals surface area contributed by atoms with Gasteiger partial charge in [-0.15, -0.1) is 0 Å². The Balaban J connectivity index is 2.01. The zero-order chi connectivity index (χ0) is 9.31. The summed E-state index contributed by atoms with van der Waals surface area (Å²) in [4.78, 5) is 0. The van der Waals surface area contributed by atoms with Crippen LogP contribution < -0.4 is 0 Å². The predicted molar refractivity (Wildman–Crippen MR) is 48.3 cm³/mol. The molecule has 1 saturated heterocycles. The molecule has 2 fully saturated rings. The van der Waals surface area contributed by atoms with E-state index in [1.165, 1.54) is 19.3 Å². The van der Waals surface area contributed by atoms with Crippen molar-refractivity contribution in [3.63, 3.8) is 0 Å². The van der Waals surface area contributed by atoms with Crippen molar-refractivity contribution in [3.05, 3.63) is 0 Å². The van der Waals surface area contributed by atoms with Gasteiger partial charge < -0.3 is 14.6 Å². The van der Waals surface area contributed by atoms with Crippen molar-refractivity contribution in [2.45, 2.75) is 44.5 Å². The average Bonchev–Trinajstić information content (AvgIpc) is 2.15. The van der Waals surface area contributed by atoms with Crippen LogP contribution in [0.4, 0.5) is 0 Å². The van der Waals surface area contributed by atoms with E-state index in [2.05, 4.69) is 6.92 Å². The molecule has 2 rings (SSSR count). The minimum Gasteiger partial charge on any atom is -0.367 e. The molecule has 1 spiro atoms. The fourth-order valence-corrected chi connectivity index (χ4v) is 2.38. The molecule has 3 heteroatoms. The summed E-state index contributed by atoms with van der Waals surface area (Å²) in [6, 6.07) is 0. The van der Waals surface area contributed by atoms with E-state index in [0.717, 1.165) is 6.42 Å². The van der Waals surface area contributed by atoms with Crippen LogP contribution in [0.25, 0.3) is 0 Å². The van der Waals surface area contributed by atoms with Crippen LogP contribution in [0, 0.1) is 5.92 Å². The maximum absolute atomic E-state index is 9.16. The van der Waals surface area contributed by atoms with Gasteiger partial charge in [-0.3, -0.25) is 0 Å². The Kier molecular flexibility index (Phi) is 2.58. The molecule has 1 heterocycles. The summed E-state index contributed by atoms with van der Waals surface area (Å²) in [7, 11) is 0. The van der Waals surface area contributed by atoms with Gasteiger partial charge in [-0.25, -0.2) is 0 Å². The Bertz CT molecular complexity index is 173. The summed E-state index contributed by atoms with van der Waals surface area (Å²) < 4.78 is 11.0. The molecule has 2 aliphatic rings. The van der Waals surface area contributed by atoms with Crippen molar-refractivity contribution in [1.82, 2.24) is 0 Å². The molecule has 1 aliphatic heterocycles. The van der Waals surface area contributed by atoms with Crippen molar-refractivity contribution in [2.24, 2.45) is 5.92 Å². The van der Waals surface area contributed by atoms with E-state index >= 15 is 0 Å². The molecular formula is C10H18O3. The number of hydrogen-bond acceptors (Lipinski definition) is 3. The normalized spacial score (nSPS) is 46.6. The van der Waals surface area contributed by atoms with Crippen molar-refractivity contribution in [3.8, 4) is 0 Å². The predicted octanol–water partition coefficient (Wildman–Crippen LogP) is 1.30. The van der Waals surface area contributed by atoms with E-state index in [4.69, 9.17) is 14.6 Å². The van der Waals surface area contributed by atoms with E-state index in [-0.39, 0.29) is 5.60 Å². The molecule has 0 aromatic carbocycles. The highest BCUT2D eigenvalue weighted by Gasteiger charge is 2.42. The molecule has 1 aliphatic carbocycles. The van der Waals surface area contributed by atoms with Gasteiger partial charge in [0.05, 0.1) is 18.8 Å². The Morgan fingerprint density at radius 3 is 2.85 bits per heavy atom. The van der Waals surface area contributed by atoms with Crippen LogP contribution >= 0.6 is 0 Å². The van der Waals surface area contributed by atoms with Crippen molar-refractivity contribution in [1.29, 1.82) is 0 Å². The van der Waals surface area contributed by atoms with Crippen molar-refractivity contribution < 1.29 is 14.6 Å². The van der Waals surface area contributed by atoms with Gasteiger partial charge in [-0.1, -0.05) is 19.8 Å². The Labute approximate surface area is 79.0 Å². The lowest BCUT2D eigenvalue weighted by atomic mass is 9.76. The third kappa shape index (κ3) is 1.73. The minimum absolute atomic E-state index is 0.0858. The first-order valence-corrected chi connectivity index (χ1v) is 5.17. The van der Waals surface area contributed by atoms with Gasteiger partial charge in [0.15, 0.2) is 6.29 Å². The lowest BCUT2D eigenvalue weighted by Gasteiger charge is -2.45. The molecule has 0 aromatic heterocycles. The van der Waals surface area contributed by atoms with Gasteiger partial charge in [0.25, 0.3) is 0 Å². The number of aliphatic hydroxyl groups is 1. The van der Waals surface area contributed by atoms with E-state index in [1.807, 2.05) is 0 Å². The summed E-state index contributed by atoms with van der Waals surface area (Å²) in [5, 5.41) is 9.16. The smallest absolute Gasteiger partial charge is 0.178 e. The first-order chi connectivity index (χ1) is 6.23. The first kappa shape index (κ1) is 9.44. The highest BCUT2D eigenvalue weighted by molar-refractivity contribution is 4.91. The number of aliphatic hydroxyl groups excluding tert-OH is 1. The number of rotatable bonds is 0. The molecule has 0 amide bonds. The zero-order valence-corrected chi connectivity index (χ0v) is 8.16. The van der Waals surface area contributed by atoms with E-state index in [9.17, 15) is 0 Å². The molecule has 3 atom stereocenters. The fraction of sp³-hybridized carbons (Fsp3) is 1.00. The van der Waals surface area contributed by atoms with Gasteiger partial charge in [0.1, 0.15) is 0 Å². The second-order valence-corrected chi connectivity index (χ2v) is 4.29. The molecular weight excluding hydrogens is 168 g/mol. The van der Waals surface area contributed by atoms with Crippen molar-refractivity contribution in [2.75, 3.05) is 13.2 Å². The lowest BCUT2D eigenvalue weighted by molar-refractivity contribution is -0.270. The molecule has 0 radical (unpaired) electrons. The van der Waals surface area contributed by atoms with Gasteiger partial charge in [0.2, 0.25) is 0 Å². The van der Waals surface area contributed by atoms with E-state index < -0.39 is 6.29 Å². The standard InChI is InChI=1S/C10H18O3/c1-8-4-2-3-5-10(8)7-12-9(11)6-13-10/h8-9,11H,2-7H2,1H3/t8-,9-,10-/m0/s1. The molecule has 13 heavy (non-hydrogen) atoms. The van der Waals surface area contributed by atoms with Crippen LogP contribution in [-0.4, -0.2) is 30.2 Å². The van der Waals surface area contributed by atoms with Crippen LogP contribution in [0.5, 0.6) is 0 Å². The maximum atomic E-state index is 9.16. The summed E-state index contributed by atoms with van der Waals surface area (Å²) in [5.74, 6) is 0.564. The molecule has 1 saturated carbocycles. The molecule has 1 N–H and O–H groups in total. The minimum atomic E-state index is -0.709. The molecule has 0 aromatic rings. The SMILES string of the molecule is C[C@H]1CCCC[C@]12CO[C@H](O)CO2. The summed E-state index contributed by atoms with van der Waals surface area (Å²) in [6.45, 7) is 3.12. The monoisotopic (exact) mass is 186 g/mol. The Morgan fingerprint density at radius 1 is 1.38 bits per heavy atom. The molecule has 3 nitrogen and oxygen atoms in total. The highest BCUT2D eigenvalue weighted by atomic mass is 16.7. The van der Waals surface area contributed by atoms with Crippen LogP contribution in [-0.2, 0) is 9.47 Å².